The molecule has 0 aliphatic heterocycles. The van der Waals surface area contributed by atoms with Gasteiger partial charge in [0, 0.05) is 11.1 Å². The second-order valence-electron chi connectivity index (χ2n) is 6.00. The Labute approximate surface area is 158 Å². The number of rotatable bonds is 5. The lowest BCUT2D eigenvalue weighted by Crippen LogP contribution is -2.42. The second kappa shape index (κ2) is 7.47. The Morgan fingerprint density at radius 1 is 1.31 bits per heavy atom. The molecule has 0 saturated carbocycles. The van der Waals surface area contributed by atoms with Crippen molar-refractivity contribution in [2.45, 2.75) is 32.9 Å². The molecule has 3 rings (SSSR count). The summed E-state index contributed by atoms with van der Waals surface area (Å²) in [5.74, 6) is -0.273. The molecule has 1 amide bonds. The highest BCUT2D eigenvalue weighted by molar-refractivity contribution is 7.17. The number of benzene rings is 1. The molecule has 26 heavy (non-hydrogen) atoms. The molecular formula is C18H18ClN3O3S. The molecule has 0 unspecified atom stereocenters. The third-order valence-corrected chi connectivity index (χ3v) is 5.27. The molecule has 2 aromatic heterocycles. The molecule has 2 heterocycles. The maximum atomic E-state index is 13.0. The fourth-order valence-electron chi connectivity index (χ4n) is 2.65. The summed E-state index contributed by atoms with van der Waals surface area (Å²) in [6, 6.07) is 8.21. The van der Waals surface area contributed by atoms with Crippen molar-refractivity contribution in [3.05, 3.63) is 61.6 Å². The summed E-state index contributed by atoms with van der Waals surface area (Å²) >= 11 is 7.25. The summed E-state index contributed by atoms with van der Waals surface area (Å²) in [7, 11) is 0. The van der Waals surface area contributed by atoms with E-state index in [-0.39, 0.29) is 18.5 Å². The van der Waals surface area contributed by atoms with Crippen LogP contribution in [0.1, 0.15) is 20.3 Å². The maximum Gasteiger partial charge on any atom is 0.336 e. The molecule has 0 spiro atoms. The van der Waals surface area contributed by atoms with Gasteiger partial charge in [-0.05, 0) is 43.0 Å². The second-order valence-corrected chi connectivity index (χ2v) is 7.35. The molecule has 1 N–H and O–H groups in total. The van der Waals surface area contributed by atoms with Gasteiger partial charge < -0.3 is 5.32 Å². The van der Waals surface area contributed by atoms with Crippen LogP contribution in [0.2, 0.25) is 5.02 Å². The van der Waals surface area contributed by atoms with E-state index in [0.29, 0.717) is 20.9 Å². The van der Waals surface area contributed by atoms with Gasteiger partial charge in [0.2, 0.25) is 5.91 Å². The standard InChI is InChI=1S/C18H18ClN3O3S/c1-3-11(2)20-15(23)10-21-14-7-8-26-16(14)17(24)22(18(21)25)13-6-4-5-12(19)9-13/h4-9,11H,3,10H2,1-2H3,(H,20,23)/t11-/m1/s1. The smallest absolute Gasteiger partial charge is 0.336 e. The topological polar surface area (TPSA) is 73.1 Å². The molecular weight excluding hydrogens is 374 g/mol. The van der Waals surface area contributed by atoms with Gasteiger partial charge in [-0.3, -0.25) is 14.2 Å². The van der Waals surface area contributed by atoms with E-state index in [1.807, 2.05) is 13.8 Å². The minimum absolute atomic E-state index is 0.00926. The third-order valence-electron chi connectivity index (χ3n) is 4.14. The summed E-state index contributed by atoms with van der Waals surface area (Å²) in [6.07, 6.45) is 0.788. The number of thiophene rings is 1. The third kappa shape index (κ3) is 3.45. The van der Waals surface area contributed by atoms with Crippen LogP contribution >= 0.6 is 22.9 Å². The maximum absolute atomic E-state index is 13.0. The summed E-state index contributed by atoms with van der Waals surface area (Å²) < 4.78 is 2.80. The largest absolute Gasteiger partial charge is 0.352 e. The summed E-state index contributed by atoms with van der Waals surface area (Å²) in [6.45, 7) is 3.71. The van der Waals surface area contributed by atoms with Crippen molar-refractivity contribution in [3.8, 4) is 5.69 Å². The van der Waals surface area contributed by atoms with E-state index in [4.69, 9.17) is 11.6 Å². The van der Waals surface area contributed by atoms with Crippen molar-refractivity contribution in [1.29, 1.82) is 0 Å². The van der Waals surface area contributed by atoms with Gasteiger partial charge in [0.1, 0.15) is 11.2 Å². The predicted molar refractivity (Wildman–Crippen MR) is 105 cm³/mol. The molecule has 1 aromatic carbocycles. The minimum atomic E-state index is -0.567. The van der Waals surface area contributed by atoms with Crippen LogP contribution in [0.3, 0.4) is 0 Å². The Kier molecular flexibility index (Phi) is 5.29. The molecule has 1 atom stereocenters. The van der Waals surface area contributed by atoms with Crippen molar-refractivity contribution >= 4 is 39.1 Å². The van der Waals surface area contributed by atoms with Gasteiger partial charge in [0.25, 0.3) is 5.56 Å². The number of amides is 1. The molecule has 6 nitrogen and oxygen atoms in total. The van der Waals surface area contributed by atoms with E-state index in [2.05, 4.69) is 5.32 Å². The highest BCUT2D eigenvalue weighted by Crippen LogP contribution is 2.17. The SMILES string of the molecule is CC[C@@H](C)NC(=O)Cn1c(=O)n(-c2cccc(Cl)c2)c(=O)c2sccc21. The van der Waals surface area contributed by atoms with Crippen LogP contribution in [0, 0.1) is 0 Å². The average Bonchev–Trinajstić information content (AvgIpc) is 3.08. The van der Waals surface area contributed by atoms with E-state index in [1.165, 1.54) is 15.9 Å². The van der Waals surface area contributed by atoms with Crippen molar-refractivity contribution in [2.75, 3.05) is 0 Å². The minimum Gasteiger partial charge on any atom is -0.352 e. The first-order valence-corrected chi connectivity index (χ1v) is 9.46. The number of nitrogens with zero attached hydrogens (tertiary/aromatic N) is 2. The summed E-state index contributed by atoms with van der Waals surface area (Å²) in [5.41, 5.74) is -0.148. The lowest BCUT2D eigenvalue weighted by Gasteiger charge is -2.15. The van der Waals surface area contributed by atoms with Gasteiger partial charge >= 0.3 is 5.69 Å². The van der Waals surface area contributed by atoms with E-state index in [0.717, 1.165) is 11.0 Å². The average molecular weight is 392 g/mol. The lowest BCUT2D eigenvalue weighted by molar-refractivity contribution is -0.122. The van der Waals surface area contributed by atoms with Crippen LogP contribution in [0.5, 0.6) is 0 Å². The Balaban J connectivity index is 2.18. The molecule has 0 saturated heterocycles. The van der Waals surface area contributed by atoms with Crippen LogP contribution < -0.4 is 16.6 Å². The Morgan fingerprint density at radius 2 is 2.08 bits per heavy atom. The molecule has 0 aliphatic rings. The van der Waals surface area contributed by atoms with Gasteiger partial charge in [-0.2, -0.15) is 0 Å². The van der Waals surface area contributed by atoms with Crippen LogP contribution in [-0.4, -0.2) is 21.1 Å². The van der Waals surface area contributed by atoms with Gasteiger partial charge in [-0.25, -0.2) is 9.36 Å². The van der Waals surface area contributed by atoms with Crippen molar-refractivity contribution in [3.63, 3.8) is 0 Å². The van der Waals surface area contributed by atoms with Crippen LogP contribution in [0.15, 0.2) is 45.3 Å². The zero-order valence-corrected chi connectivity index (χ0v) is 15.9. The summed E-state index contributed by atoms with van der Waals surface area (Å²) in [5, 5.41) is 4.99. The van der Waals surface area contributed by atoms with E-state index in [9.17, 15) is 14.4 Å². The first kappa shape index (κ1) is 18.4. The quantitative estimate of drug-likeness (QED) is 0.726. The Bertz CT molecular complexity index is 1080. The fraction of sp³-hybridized carbons (Fsp3) is 0.278. The van der Waals surface area contributed by atoms with Gasteiger partial charge in [0.05, 0.1) is 11.2 Å². The number of hydrogen-bond acceptors (Lipinski definition) is 4. The van der Waals surface area contributed by atoms with Crippen LogP contribution in [0.4, 0.5) is 0 Å². The number of halogens is 1. The van der Waals surface area contributed by atoms with E-state index < -0.39 is 11.2 Å². The molecule has 3 aromatic rings. The number of aromatic nitrogens is 2. The predicted octanol–water partition coefficient (Wildman–Crippen LogP) is 2.78. The first-order valence-electron chi connectivity index (χ1n) is 8.20. The number of carbonyl (C=O) groups excluding carboxylic acids is 1. The summed E-state index contributed by atoms with van der Waals surface area (Å²) in [4.78, 5) is 38.1. The number of hydrogen-bond donors (Lipinski definition) is 1. The molecule has 0 bridgehead atoms. The highest BCUT2D eigenvalue weighted by Gasteiger charge is 2.18. The van der Waals surface area contributed by atoms with Crippen molar-refractivity contribution in [2.24, 2.45) is 0 Å². The highest BCUT2D eigenvalue weighted by atomic mass is 35.5. The van der Waals surface area contributed by atoms with Gasteiger partial charge in [-0.15, -0.1) is 11.3 Å². The molecule has 0 fully saturated rings. The van der Waals surface area contributed by atoms with E-state index in [1.54, 1.807) is 35.7 Å². The fourth-order valence-corrected chi connectivity index (χ4v) is 3.66. The van der Waals surface area contributed by atoms with Crippen LogP contribution in [0.25, 0.3) is 15.9 Å². The monoisotopic (exact) mass is 391 g/mol. The number of nitrogens with one attached hydrogen (secondary N) is 1. The van der Waals surface area contributed by atoms with Gasteiger partial charge in [-0.1, -0.05) is 24.6 Å². The first-order chi connectivity index (χ1) is 12.4. The lowest BCUT2D eigenvalue weighted by atomic mass is 10.2. The zero-order valence-electron chi connectivity index (χ0n) is 14.4. The normalized spacial score (nSPS) is 12.3. The Hall–Kier alpha value is -2.38. The molecule has 0 radical (unpaired) electrons. The molecule has 0 aliphatic carbocycles. The number of carbonyl (C=O) groups is 1. The van der Waals surface area contributed by atoms with E-state index >= 15 is 0 Å². The van der Waals surface area contributed by atoms with Crippen molar-refractivity contribution in [1.82, 2.24) is 14.5 Å². The molecule has 136 valence electrons. The zero-order chi connectivity index (χ0) is 18.8. The Morgan fingerprint density at radius 3 is 2.77 bits per heavy atom. The van der Waals surface area contributed by atoms with Crippen molar-refractivity contribution < 1.29 is 4.79 Å². The van der Waals surface area contributed by atoms with Crippen LogP contribution in [-0.2, 0) is 11.3 Å². The molecule has 8 heteroatoms. The number of fused-ring (bicyclic) bond motifs is 1. The van der Waals surface area contributed by atoms with Gasteiger partial charge in [0.15, 0.2) is 0 Å².